The second-order valence-electron chi connectivity index (χ2n) is 6.69. The largest absolute Gasteiger partial charge is 0.310 e. The molecule has 0 spiro atoms. The number of hydrogen-bond acceptors (Lipinski definition) is 4. The van der Waals surface area contributed by atoms with E-state index in [1.807, 2.05) is 0 Å². The number of likely N-dealkylation sites (tertiary alicyclic amines) is 1. The highest BCUT2D eigenvalue weighted by atomic mass is 32.2. The van der Waals surface area contributed by atoms with Crippen molar-refractivity contribution in [3.63, 3.8) is 0 Å². The van der Waals surface area contributed by atoms with Crippen molar-refractivity contribution in [1.82, 2.24) is 10.2 Å². The molecule has 19 heavy (non-hydrogen) atoms. The third-order valence-electron chi connectivity index (χ3n) is 5.27. The summed E-state index contributed by atoms with van der Waals surface area (Å²) in [5, 5.41) is 3.61. The minimum atomic E-state index is -2.86. The molecule has 0 aromatic rings. The lowest BCUT2D eigenvalue weighted by molar-refractivity contribution is 0.150. The van der Waals surface area contributed by atoms with Crippen LogP contribution in [-0.4, -0.2) is 56.0 Å². The van der Waals surface area contributed by atoms with E-state index in [9.17, 15) is 8.42 Å². The number of nitrogens with one attached hydrogen (secondary N) is 1. The molecule has 1 aliphatic carbocycles. The van der Waals surface area contributed by atoms with Crippen molar-refractivity contribution in [3.05, 3.63) is 0 Å². The number of hydrogen-bond donors (Lipinski definition) is 1. The van der Waals surface area contributed by atoms with Gasteiger partial charge in [0.05, 0.1) is 5.25 Å². The lowest BCUT2D eigenvalue weighted by Crippen LogP contribution is -2.45. The quantitative estimate of drug-likeness (QED) is 0.828. The molecule has 1 saturated carbocycles. The van der Waals surface area contributed by atoms with Crippen molar-refractivity contribution in [3.8, 4) is 0 Å². The van der Waals surface area contributed by atoms with Crippen LogP contribution in [0.1, 0.15) is 44.9 Å². The van der Waals surface area contributed by atoms with E-state index in [0.717, 1.165) is 32.4 Å². The van der Waals surface area contributed by atoms with Gasteiger partial charge < -0.3 is 5.32 Å². The Morgan fingerprint density at radius 1 is 1.05 bits per heavy atom. The molecule has 0 amide bonds. The minimum absolute atomic E-state index is 0.0975. The lowest BCUT2D eigenvalue weighted by Gasteiger charge is -2.37. The molecule has 0 radical (unpaired) electrons. The maximum absolute atomic E-state index is 11.8. The Bertz CT molecular complexity index is 423. The molecule has 4 nitrogen and oxygen atoms in total. The van der Waals surface area contributed by atoms with Crippen molar-refractivity contribution < 1.29 is 8.42 Å². The van der Waals surface area contributed by atoms with Gasteiger partial charge in [-0.3, -0.25) is 4.90 Å². The first-order valence-corrected chi connectivity index (χ1v) is 9.67. The van der Waals surface area contributed by atoms with Crippen LogP contribution in [0.3, 0.4) is 0 Å². The maximum Gasteiger partial charge on any atom is 0.150 e. The number of nitrogens with zero attached hydrogens (tertiary/aromatic N) is 1. The minimum Gasteiger partial charge on any atom is -0.310 e. The third kappa shape index (κ3) is 3.14. The van der Waals surface area contributed by atoms with Crippen molar-refractivity contribution in [2.45, 2.75) is 68.3 Å². The van der Waals surface area contributed by atoms with Gasteiger partial charge in [-0.2, -0.15) is 0 Å². The van der Waals surface area contributed by atoms with Crippen LogP contribution in [-0.2, 0) is 9.84 Å². The Kier molecular flexibility index (Phi) is 3.89. The Hall–Kier alpha value is -0.130. The van der Waals surface area contributed by atoms with E-state index in [0.29, 0.717) is 18.1 Å². The summed E-state index contributed by atoms with van der Waals surface area (Å²) < 4.78 is 23.6. The van der Waals surface area contributed by atoms with Crippen LogP contribution in [0.4, 0.5) is 0 Å². The molecule has 2 heterocycles. The van der Waals surface area contributed by atoms with Crippen LogP contribution in [0.25, 0.3) is 0 Å². The zero-order valence-corrected chi connectivity index (χ0v) is 12.7. The standard InChI is InChI=1S/C14H26N2O2S/c1-19(17,18)14-4-2-3-13(9-14)16-8-7-11-5-6-12(10-16)15-11/h11-15H,2-10H2,1H3. The molecule has 4 unspecified atom stereocenters. The van der Waals surface area contributed by atoms with Gasteiger partial charge in [0.25, 0.3) is 0 Å². The third-order valence-corrected chi connectivity index (χ3v) is 6.91. The van der Waals surface area contributed by atoms with Gasteiger partial charge in [-0.15, -0.1) is 0 Å². The van der Waals surface area contributed by atoms with Crippen LogP contribution < -0.4 is 5.32 Å². The molecule has 2 aliphatic heterocycles. The molecule has 3 fully saturated rings. The highest BCUT2D eigenvalue weighted by molar-refractivity contribution is 7.91. The second-order valence-corrected chi connectivity index (χ2v) is 9.02. The van der Waals surface area contributed by atoms with Gasteiger partial charge >= 0.3 is 0 Å². The highest BCUT2D eigenvalue weighted by Crippen LogP contribution is 2.30. The molecule has 4 atom stereocenters. The van der Waals surface area contributed by atoms with Gasteiger partial charge in [-0.25, -0.2) is 8.42 Å². The number of rotatable bonds is 2. The number of sulfone groups is 1. The van der Waals surface area contributed by atoms with Crippen LogP contribution in [0.2, 0.25) is 0 Å². The summed E-state index contributed by atoms with van der Waals surface area (Å²) in [6.45, 7) is 2.27. The van der Waals surface area contributed by atoms with E-state index >= 15 is 0 Å². The van der Waals surface area contributed by atoms with Crippen molar-refractivity contribution in [2.24, 2.45) is 0 Å². The summed E-state index contributed by atoms with van der Waals surface area (Å²) in [5.74, 6) is 0. The average molecular weight is 286 g/mol. The SMILES string of the molecule is CS(=O)(=O)C1CCCC(N2CCC3CCC(C2)N3)C1. The molecular formula is C14H26N2O2S. The molecule has 1 N–H and O–H groups in total. The Morgan fingerprint density at radius 3 is 2.63 bits per heavy atom. The van der Waals surface area contributed by atoms with Crippen molar-refractivity contribution in [1.29, 1.82) is 0 Å². The lowest BCUT2D eigenvalue weighted by atomic mass is 9.92. The first-order chi connectivity index (χ1) is 9.02. The normalized spacial score (nSPS) is 41.1. The van der Waals surface area contributed by atoms with E-state index < -0.39 is 9.84 Å². The first-order valence-electron chi connectivity index (χ1n) is 7.71. The summed E-state index contributed by atoms with van der Waals surface area (Å²) in [7, 11) is -2.86. The Labute approximate surface area is 116 Å². The zero-order valence-electron chi connectivity index (χ0n) is 11.8. The molecule has 2 saturated heterocycles. The van der Waals surface area contributed by atoms with Gasteiger partial charge in [-0.1, -0.05) is 6.42 Å². The van der Waals surface area contributed by atoms with Crippen LogP contribution in [0.5, 0.6) is 0 Å². The smallest absolute Gasteiger partial charge is 0.150 e. The summed E-state index contributed by atoms with van der Waals surface area (Å²) >= 11 is 0. The fourth-order valence-electron chi connectivity index (χ4n) is 4.14. The van der Waals surface area contributed by atoms with Crippen LogP contribution in [0, 0.1) is 0 Å². The Morgan fingerprint density at radius 2 is 1.84 bits per heavy atom. The predicted molar refractivity (Wildman–Crippen MR) is 77.0 cm³/mol. The van der Waals surface area contributed by atoms with Gasteiger partial charge in [0.1, 0.15) is 9.84 Å². The average Bonchev–Trinajstić information content (AvgIpc) is 2.68. The molecule has 2 bridgehead atoms. The summed E-state index contributed by atoms with van der Waals surface area (Å²) in [5.41, 5.74) is 0. The summed E-state index contributed by atoms with van der Waals surface area (Å²) in [6, 6.07) is 1.85. The first kappa shape index (κ1) is 13.8. The van der Waals surface area contributed by atoms with E-state index in [1.165, 1.54) is 31.9 Å². The van der Waals surface area contributed by atoms with Gasteiger partial charge in [0.2, 0.25) is 0 Å². The fourth-order valence-corrected chi connectivity index (χ4v) is 5.31. The van der Waals surface area contributed by atoms with Gasteiger partial charge in [0, 0.05) is 30.9 Å². The molecular weight excluding hydrogens is 260 g/mol. The predicted octanol–water partition coefficient (Wildman–Crippen LogP) is 1.17. The van der Waals surface area contributed by atoms with Crippen LogP contribution >= 0.6 is 0 Å². The summed E-state index contributed by atoms with van der Waals surface area (Å²) in [4.78, 5) is 2.58. The van der Waals surface area contributed by atoms with Crippen molar-refractivity contribution >= 4 is 9.84 Å². The van der Waals surface area contributed by atoms with Gasteiger partial charge in [0.15, 0.2) is 0 Å². The molecule has 0 aromatic carbocycles. The molecule has 3 rings (SSSR count). The van der Waals surface area contributed by atoms with Gasteiger partial charge in [-0.05, 0) is 45.1 Å². The topological polar surface area (TPSA) is 49.4 Å². The highest BCUT2D eigenvalue weighted by Gasteiger charge is 2.36. The van der Waals surface area contributed by atoms with E-state index in [4.69, 9.17) is 0 Å². The van der Waals surface area contributed by atoms with E-state index in [2.05, 4.69) is 10.2 Å². The summed E-state index contributed by atoms with van der Waals surface area (Å²) in [6.07, 6.45) is 9.24. The Balaban J connectivity index is 1.65. The fraction of sp³-hybridized carbons (Fsp3) is 1.00. The zero-order chi connectivity index (χ0) is 13.5. The van der Waals surface area contributed by atoms with Crippen LogP contribution in [0.15, 0.2) is 0 Å². The molecule has 110 valence electrons. The molecule has 0 aromatic heterocycles. The second kappa shape index (κ2) is 5.34. The maximum atomic E-state index is 11.8. The van der Waals surface area contributed by atoms with E-state index in [-0.39, 0.29) is 5.25 Å². The van der Waals surface area contributed by atoms with E-state index in [1.54, 1.807) is 0 Å². The number of fused-ring (bicyclic) bond motifs is 2. The monoisotopic (exact) mass is 286 g/mol. The van der Waals surface area contributed by atoms with Crippen molar-refractivity contribution in [2.75, 3.05) is 19.3 Å². The molecule has 5 heteroatoms. The molecule has 3 aliphatic rings.